The van der Waals surface area contributed by atoms with Gasteiger partial charge in [0.1, 0.15) is 6.04 Å². The molecule has 4 aliphatic rings. The van der Waals surface area contributed by atoms with Crippen LogP contribution in [0.25, 0.3) is 0 Å². The van der Waals surface area contributed by atoms with Crippen molar-refractivity contribution in [3.05, 3.63) is 35.4 Å². The van der Waals surface area contributed by atoms with E-state index >= 15 is 0 Å². The van der Waals surface area contributed by atoms with Crippen LogP contribution in [-0.2, 0) is 20.5 Å². The zero-order chi connectivity index (χ0) is 31.4. The summed E-state index contributed by atoms with van der Waals surface area (Å²) in [5.41, 5.74) is 1.46. The molecule has 3 saturated carbocycles. The monoisotopic (exact) mass is 596 g/mol. The first-order chi connectivity index (χ1) is 20.4. The largest absolute Gasteiger partial charge is 0.481 e. The predicted octanol–water partition coefficient (Wildman–Crippen LogP) is 4.64. The normalized spacial score (nSPS) is 26.6. The number of benzene rings is 1. The lowest BCUT2D eigenvalue weighted by molar-refractivity contribution is -0.199. The minimum atomic E-state index is -0.986. The molecule has 6 atom stereocenters. The van der Waals surface area contributed by atoms with Gasteiger partial charge in [-0.15, -0.1) is 0 Å². The van der Waals surface area contributed by atoms with Gasteiger partial charge >= 0.3 is 13.1 Å². The van der Waals surface area contributed by atoms with E-state index in [1.807, 2.05) is 19.1 Å². The van der Waals surface area contributed by atoms with Crippen LogP contribution >= 0.6 is 0 Å². The number of amides is 4. The van der Waals surface area contributed by atoms with Gasteiger partial charge in [0.25, 0.3) is 5.91 Å². The fraction of sp³-hybridized carbons (Fsp3) is 0.727. The molecule has 238 valence electrons. The highest BCUT2D eigenvalue weighted by atomic mass is 16.7. The summed E-state index contributed by atoms with van der Waals surface area (Å²) < 4.78 is 13.2. The highest BCUT2D eigenvalue weighted by Gasteiger charge is 2.68. The standard InChI is InChI=1S/C33H53BN4O5/c1-8-10-11-22-12-14-23(15-13-22)29(39)37-25(20-36-31(41)35-16-9-2)30(40)38-28(17-21(3)4)34-42-27-19-24-18-26(32(24,5)6)33(27,7)43-34/h12-15,21,24-28H,8-11,16-20H2,1-7H3,(H,37,39)(H,38,40)(H2,35,36,41)/t24-,25-,26-,27+,28-,33-/m0/s1. The Morgan fingerprint density at radius 1 is 1.00 bits per heavy atom. The van der Waals surface area contributed by atoms with E-state index in [9.17, 15) is 14.4 Å². The molecule has 4 N–H and O–H groups in total. The van der Waals surface area contributed by atoms with E-state index in [4.69, 9.17) is 9.31 Å². The Labute approximate surface area is 258 Å². The number of carbonyl (C=O) groups is 3. The maximum atomic E-state index is 13.8. The molecule has 2 bridgehead atoms. The minimum Gasteiger partial charge on any atom is -0.404 e. The van der Waals surface area contributed by atoms with Crippen molar-refractivity contribution >= 4 is 25.0 Å². The van der Waals surface area contributed by atoms with Gasteiger partial charge < -0.3 is 30.6 Å². The molecule has 0 unspecified atom stereocenters. The lowest BCUT2D eigenvalue weighted by Gasteiger charge is -2.64. The van der Waals surface area contributed by atoms with Gasteiger partial charge in [0.2, 0.25) is 5.91 Å². The Kier molecular flexibility index (Phi) is 10.9. The summed E-state index contributed by atoms with van der Waals surface area (Å²) in [6.07, 6.45) is 6.71. The second-order valence-corrected chi connectivity index (χ2v) is 14.0. The number of nitrogens with one attached hydrogen (secondary N) is 4. The smallest absolute Gasteiger partial charge is 0.404 e. The summed E-state index contributed by atoms with van der Waals surface area (Å²) in [5.74, 6) is 0.159. The van der Waals surface area contributed by atoms with Crippen LogP contribution in [-0.4, -0.2) is 61.7 Å². The lowest BCUT2D eigenvalue weighted by Crippen LogP contribution is -2.65. The van der Waals surface area contributed by atoms with Crippen molar-refractivity contribution in [3.63, 3.8) is 0 Å². The molecule has 1 heterocycles. The Hall–Kier alpha value is -2.59. The lowest BCUT2D eigenvalue weighted by atomic mass is 9.43. The first-order valence-corrected chi connectivity index (χ1v) is 16.4. The number of aryl methyl sites for hydroxylation is 1. The van der Waals surface area contributed by atoms with Gasteiger partial charge in [-0.05, 0) is 86.3 Å². The van der Waals surface area contributed by atoms with Crippen molar-refractivity contribution in [2.45, 2.75) is 117 Å². The fourth-order valence-corrected chi connectivity index (χ4v) is 7.25. The average Bonchev–Trinajstić information content (AvgIpc) is 3.33. The molecule has 1 aliphatic heterocycles. The molecule has 1 aromatic rings. The van der Waals surface area contributed by atoms with Gasteiger partial charge in [-0.3, -0.25) is 9.59 Å². The molecule has 10 heteroatoms. The predicted molar refractivity (Wildman–Crippen MR) is 169 cm³/mol. The van der Waals surface area contributed by atoms with Crippen LogP contribution in [0.3, 0.4) is 0 Å². The zero-order valence-corrected chi connectivity index (χ0v) is 27.3. The Morgan fingerprint density at radius 3 is 2.35 bits per heavy atom. The molecule has 0 spiro atoms. The third kappa shape index (κ3) is 7.56. The Morgan fingerprint density at radius 2 is 1.72 bits per heavy atom. The molecule has 0 radical (unpaired) electrons. The van der Waals surface area contributed by atoms with Gasteiger partial charge in [-0.25, -0.2) is 4.79 Å². The molecule has 3 aliphatic carbocycles. The van der Waals surface area contributed by atoms with Crippen LogP contribution in [0.4, 0.5) is 4.79 Å². The van der Waals surface area contributed by atoms with Crippen LogP contribution in [0, 0.1) is 23.2 Å². The number of unbranched alkanes of at least 4 members (excludes halogenated alkanes) is 1. The summed E-state index contributed by atoms with van der Waals surface area (Å²) in [6.45, 7) is 15.6. The Balaban J connectivity index is 1.47. The Bertz CT molecular complexity index is 1130. The van der Waals surface area contributed by atoms with Crippen molar-refractivity contribution in [3.8, 4) is 0 Å². The topological polar surface area (TPSA) is 118 Å². The van der Waals surface area contributed by atoms with Gasteiger partial charge in [0, 0.05) is 18.7 Å². The van der Waals surface area contributed by atoms with E-state index in [-0.39, 0.29) is 41.8 Å². The van der Waals surface area contributed by atoms with Crippen LogP contribution in [0.15, 0.2) is 24.3 Å². The van der Waals surface area contributed by atoms with Crippen molar-refractivity contribution in [2.75, 3.05) is 13.1 Å². The molecular weight excluding hydrogens is 543 g/mol. The highest BCUT2D eigenvalue weighted by Crippen LogP contribution is 2.65. The first kappa shape index (κ1) is 33.3. The van der Waals surface area contributed by atoms with Gasteiger partial charge in [0.05, 0.1) is 17.6 Å². The third-order valence-electron chi connectivity index (χ3n) is 10.0. The van der Waals surface area contributed by atoms with Gasteiger partial charge in [0.15, 0.2) is 0 Å². The summed E-state index contributed by atoms with van der Waals surface area (Å²) >= 11 is 0. The molecule has 0 aromatic heterocycles. The van der Waals surface area contributed by atoms with E-state index in [0.717, 1.165) is 38.5 Å². The molecular formula is C33H53BN4O5. The third-order valence-corrected chi connectivity index (χ3v) is 10.0. The number of carbonyl (C=O) groups excluding carboxylic acids is 3. The van der Waals surface area contributed by atoms with Gasteiger partial charge in [-0.2, -0.15) is 0 Å². The number of hydrogen-bond donors (Lipinski definition) is 4. The molecule has 1 saturated heterocycles. The molecule has 5 rings (SSSR count). The summed E-state index contributed by atoms with van der Waals surface area (Å²) in [7, 11) is -0.579. The fourth-order valence-electron chi connectivity index (χ4n) is 7.25. The van der Waals surface area contributed by atoms with Crippen molar-refractivity contribution in [2.24, 2.45) is 23.2 Å². The van der Waals surface area contributed by atoms with E-state index < -0.39 is 24.7 Å². The average molecular weight is 597 g/mol. The first-order valence-electron chi connectivity index (χ1n) is 16.4. The van der Waals surface area contributed by atoms with Crippen molar-refractivity contribution in [1.29, 1.82) is 0 Å². The van der Waals surface area contributed by atoms with E-state index in [1.54, 1.807) is 12.1 Å². The van der Waals surface area contributed by atoms with Gasteiger partial charge in [-0.1, -0.05) is 60.1 Å². The molecule has 43 heavy (non-hydrogen) atoms. The van der Waals surface area contributed by atoms with Crippen LogP contribution in [0.5, 0.6) is 0 Å². The van der Waals surface area contributed by atoms with Crippen LogP contribution < -0.4 is 21.3 Å². The van der Waals surface area contributed by atoms with Crippen LogP contribution in [0.1, 0.15) is 103 Å². The van der Waals surface area contributed by atoms with Crippen molar-refractivity contribution < 1.29 is 23.7 Å². The second-order valence-electron chi connectivity index (χ2n) is 14.0. The molecule has 4 amide bonds. The number of rotatable bonds is 14. The quantitative estimate of drug-likeness (QED) is 0.234. The summed E-state index contributed by atoms with van der Waals surface area (Å²) in [6, 6.07) is 6.11. The van der Waals surface area contributed by atoms with Crippen LogP contribution in [0.2, 0.25) is 0 Å². The zero-order valence-electron chi connectivity index (χ0n) is 27.3. The minimum absolute atomic E-state index is 0.000523. The number of hydrogen-bond acceptors (Lipinski definition) is 5. The SMILES string of the molecule is CCCCc1ccc(C(=O)N[C@@H](CNC(=O)NCCC)C(=O)N[C@@H](CC(C)C)B2O[C@@H]3C[C@@H]4C[C@@H](C4(C)C)[C@]3(C)O2)cc1. The second kappa shape index (κ2) is 14.0. The maximum absolute atomic E-state index is 13.8. The molecule has 4 fully saturated rings. The number of urea groups is 1. The van der Waals surface area contributed by atoms with Crippen molar-refractivity contribution in [1.82, 2.24) is 21.3 Å². The maximum Gasteiger partial charge on any atom is 0.481 e. The molecule has 9 nitrogen and oxygen atoms in total. The summed E-state index contributed by atoms with van der Waals surface area (Å²) in [5, 5.41) is 11.5. The van der Waals surface area contributed by atoms with E-state index in [0.29, 0.717) is 30.4 Å². The highest BCUT2D eigenvalue weighted by molar-refractivity contribution is 6.48. The van der Waals surface area contributed by atoms with E-state index in [2.05, 4.69) is 62.8 Å². The molecule has 1 aromatic carbocycles. The summed E-state index contributed by atoms with van der Waals surface area (Å²) in [4.78, 5) is 39.4. The van der Waals surface area contributed by atoms with E-state index in [1.165, 1.54) is 5.56 Å².